The molecule has 0 spiro atoms. The maximum absolute atomic E-state index is 13.0. The monoisotopic (exact) mass is 403 g/mol. The summed E-state index contributed by atoms with van der Waals surface area (Å²) in [4.78, 5) is 25.3. The van der Waals surface area contributed by atoms with Gasteiger partial charge in [0.05, 0.1) is 18.9 Å². The molecule has 0 fully saturated rings. The Morgan fingerprint density at radius 2 is 1.87 bits per heavy atom. The summed E-state index contributed by atoms with van der Waals surface area (Å²) in [5.41, 5.74) is 0.626. The molecule has 2 aromatic carbocycles. The maximum atomic E-state index is 13.0. The molecule has 6 heteroatoms. The van der Waals surface area contributed by atoms with Gasteiger partial charge in [0.1, 0.15) is 22.7 Å². The summed E-state index contributed by atoms with van der Waals surface area (Å²) in [5.74, 6) is 0.806. The number of hydrogen-bond acceptors (Lipinski definition) is 5. The van der Waals surface area contributed by atoms with Crippen molar-refractivity contribution >= 4 is 16.9 Å². The Morgan fingerprint density at radius 3 is 2.67 bits per heavy atom. The minimum absolute atomic E-state index is 0.0525. The lowest BCUT2D eigenvalue weighted by Crippen LogP contribution is -2.33. The van der Waals surface area contributed by atoms with Gasteiger partial charge in [0.25, 0.3) is 5.91 Å². The van der Waals surface area contributed by atoms with Crippen LogP contribution in [0.4, 0.5) is 0 Å². The zero-order chi connectivity index (χ0) is 20.9. The van der Waals surface area contributed by atoms with E-state index in [2.05, 4.69) is 5.32 Å². The first-order valence-corrected chi connectivity index (χ1v) is 9.73. The van der Waals surface area contributed by atoms with Crippen molar-refractivity contribution in [1.82, 2.24) is 5.32 Å². The Kier molecular flexibility index (Phi) is 5.66. The lowest BCUT2D eigenvalue weighted by molar-refractivity contribution is 0.0927. The average molecular weight is 403 g/mol. The molecule has 1 N–H and O–H groups in total. The van der Waals surface area contributed by atoms with Gasteiger partial charge >= 0.3 is 5.63 Å². The van der Waals surface area contributed by atoms with Gasteiger partial charge in [0.2, 0.25) is 0 Å². The minimum atomic E-state index is -0.681. The minimum Gasteiger partial charge on any atom is -0.494 e. The van der Waals surface area contributed by atoms with E-state index in [1.165, 1.54) is 0 Å². The summed E-state index contributed by atoms with van der Waals surface area (Å²) in [6, 6.07) is 19.3. The molecule has 4 rings (SSSR count). The molecule has 1 unspecified atom stereocenters. The molecule has 2 aromatic heterocycles. The quantitative estimate of drug-likeness (QED) is 0.460. The largest absolute Gasteiger partial charge is 0.494 e. The van der Waals surface area contributed by atoms with Crippen LogP contribution in [0.2, 0.25) is 0 Å². The van der Waals surface area contributed by atoms with Crippen molar-refractivity contribution in [1.29, 1.82) is 0 Å². The van der Waals surface area contributed by atoms with Crippen molar-refractivity contribution in [3.05, 3.63) is 100 Å². The number of rotatable bonds is 7. The van der Waals surface area contributed by atoms with Crippen LogP contribution in [0, 0.1) is 0 Å². The van der Waals surface area contributed by atoms with Crippen LogP contribution >= 0.6 is 0 Å². The van der Waals surface area contributed by atoms with Crippen molar-refractivity contribution in [3.63, 3.8) is 0 Å². The Balaban J connectivity index is 1.64. The molecule has 0 saturated heterocycles. The van der Waals surface area contributed by atoms with E-state index in [1.54, 1.807) is 42.7 Å². The van der Waals surface area contributed by atoms with Gasteiger partial charge in [-0.25, -0.2) is 4.79 Å². The fourth-order valence-electron chi connectivity index (χ4n) is 3.36. The molecule has 0 aliphatic carbocycles. The Morgan fingerprint density at radius 1 is 1.07 bits per heavy atom. The number of furan rings is 1. The molecular formula is C24H21NO5. The first kappa shape index (κ1) is 19.5. The van der Waals surface area contributed by atoms with Gasteiger partial charge in [-0.15, -0.1) is 0 Å². The fraction of sp³-hybridized carbons (Fsp3) is 0.167. The van der Waals surface area contributed by atoms with E-state index in [0.717, 1.165) is 11.3 Å². The van der Waals surface area contributed by atoms with Crippen molar-refractivity contribution in [2.24, 2.45) is 0 Å². The van der Waals surface area contributed by atoms with Gasteiger partial charge in [0, 0.05) is 11.8 Å². The summed E-state index contributed by atoms with van der Waals surface area (Å²) in [6.07, 6.45) is 1.99. The van der Waals surface area contributed by atoms with Crippen molar-refractivity contribution in [2.45, 2.75) is 19.4 Å². The highest BCUT2D eigenvalue weighted by Crippen LogP contribution is 2.26. The van der Waals surface area contributed by atoms with Crippen LogP contribution in [0.1, 0.15) is 34.6 Å². The van der Waals surface area contributed by atoms with Gasteiger partial charge in [-0.1, -0.05) is 36.4 Å². The molecule has 4 aromatic rings. The smallest absolute Gasteiger partial charge is 0.349 e. The van der Waals surface area contributed by atoms with E-state index in [1.807, 2.05) is 37.3 Å². The second-order valence-electron chi connectivity index (χ2n) is 6.77. The number of para-hydroxylation sites is 2. The molecule has 1 atom stereocenters. The van der Waals surface area contributed by atoms with Crippen LogP contribution in [0.25, 0.3) is 11.0 Å². The summed E-state index contributed by atoms with van der Waals surface area (Å²) >= 11 is 0. The van der Waals surface area contributed by atoms with Crippen molar-refractivity contribution in [3.8, 4) is 5.75 Å². The number of amides is 1. The Hall–Kier alpha value is -3.80. The average Bonchev–Trinajstić information content (AvgIpc) is 3.29. The topological polar surface area (TPSA) is 81.7 Å². The summed E-state index contributed by atoms with van der Waals surface area (Å²) in [7, 11) is 0. The van der Waals surface area contributed by atoms with Crippen LogP contribution < -0.4 is 15.7 Å². The van der Waals surface area contributed by atoms with E-state index in [9.17, 15) is 9.59 Å². The highest BCUT2D eigenvalue weighted by molar-refractivity contribution is 5.96. The van der Waals surface area contributed by atoms with Crippen molar-refractivity contribution in [2.75, 3.05) is 6.61 Å². The predicted molar refractivity (Wildman–Crippen MR) is 113 cm³/mol. The molecule has 0 radical (unpaired) electrons. The number of benzene rings is 2. The second-order valence-corrected chi connectivity index (χ2v) is 6.77. The third kappa shape index (κ3) is 4.12. The van der Waals surface area contributed by atoms with Crippen LogP contribution in [-0.4, -0.2) is 12.5 Å². The number of carbonyl (C=O) groups is 1. The highest BCUT2D eigenvalue weighted by atomic mass is 16.5. The van der Waals surface area contributed by atoms with E-state index < -0.39 is 17.6 Å². The zero-order valence-electron chi connectivity index (χ0n) is 16.5. The summed E-state index contributed by atoms with van der Waals surface area (Å²) in [5, 5.41) is 3.59. The Bertz CT molecular complexity index is 1210. The summed E-state index contributed by atoms with van der Waals surface area (Å²) < 4.78 is 16.5. The second kappa shape index (κ2) is 8.69. The van der Waals surface area contributed by atoms with Crippen molar-refractivity contribution < 1.29 is 18.4 Å². The number of hydrogen-bond donors (Lipinski definition) is 1. The molecule has 2 heterocycles. The lowest BCUT2D eigenvalue weighted by Gasteiger charge is -2.18. The van der Waals surface area contributed by atoms with Gasteiger partial charge in [0.15, 0.2) is 0 Å². The first-order chi connectivity index (χ1) is 14.7. The highest BCUT2D eigenvalue weighted by Gasteiger charge is 2.22. The molecule has 0 aliphatic rings. The van der Waals surface area contributed by atoms with Gasteiger partial charge < -0.3 is 18.9 Å². The van der Waals surface area contributed by atoms with E-state index in [0.29, 0.717) is 29.8 Å². The molecule has 1 amide bonds. The SMILES string of the molecule is CCOc1ccccc1CC(NC(=O)c1cc2ccccc2oc1=O)c1ccco1. The lowest BCUT2D eigenvalue weighted by atomic mass is 10.0. The number of fused-ring (bicyclic) bond motifs is 1. The summed E-state index contributed by atoms with van der Waals surface area (Å²) in [6.45, 7) is 2.45. The normalized spacial score (nSPS) is 11.9. The van der Waals surface area contributed by atoms with Crippen LogP contribution in [0.5, 0.6) is 5.75 Å². The van der Waals surface area contributed by atoms with Crippen LogP contribution in [0.15, 0.2) is 86.6 Å². The molecular weight excluding hydrogens is 382 g/mol. The number of carbonyl (C=O) groups excluding carboxylic acids is 1. The van der Waals surface area contributed by atoms with Gasteiger partial charge in [-0.05, 0) is 42.8 Å². The molecule has 0 aliphatic heterocycles. The van der Waals surface area contributed by atoms with Gasteiger partial charge in [-0.2, -0.15) is 0 Å². The number of ether oxygens (including phenoxy) is 1. The van der Waals surface area contributed by atoms with E-state index >= 15 is 0 Å². The standard InChI is InChI=1S/C24H21NO5/c1-2-28-20-10-5-3-9-17(20)15-19(22-12-7-13-29-22)25-23(26)18-14-16-8-4-6-11-21(16)30-24(18)27/h3-14,19H,2,15H2,1H3,(H,25,26). The third-order valence-corrected chi connectivity index (χ3v) is 4.77. The predicted octanol–water partition coefficient (Wildman–Crippen LogP) is 4.50. The number of nitrogens with one attached hydrogen (secondary N) is 1. The maximum Gasteiger partial charge on any atom is 0.349 e. The molecule has 6 nitrogen and oxygen atoms in total. The van der Waals surface area contributed by atoms with E-state index in [-0.39, 0.29) is 5.56 Å². The third-order valence-electron chi connectivity index (χ3n) is 4.77. The Labute approximate surface area is 173 Å². The van der Waals surface area contributed by atoms with Crippen LogP contribution in [0.3, 0.4) is 0 Å². The molecule has 30 heavy (non-hydrogen) atoms. The zero-order valence-corrected chi connectivity index (χ0v) is 16.5. The fourth-order valence-corrected chi connectivity index (χ4v) is 3.36. The van der Waals surface area contributed by atoms with Crippen LogP contribution in [-0.2, 0) is 6.42 Å². The first-order valence-electron chi connectivity index (χ1n) is 9.73. The van der Waals surface area contributed by atoms with E-state index in [4.69, 9.17) is 13.6 Å². The molecule has 0 saturated carbocycles. The van der Waals surface area contributed by atoms with Gasteiger partial charge in [-0.3, -0.25) is 4.79 Å². The molecule has 152 valence electrons. The molecule has 0 bridgehead atoms.